The number of benzene rings is 1. The fourth-order valence-electron chi connectivity index (χ4n) is 4.08. The molecule has 0 aromatic heterocycles. The van der Waals surface area contributed by atoms with E-state index in [4.69, 9.17) is 9.47 Å². The van der Waals surface area contributed by atoms with Crippen molar-refractivity contribution in [3.63, 3.8) is 0 Å². The van der Waals surface area contributed by atoms with Crippen LogP contribution in [0.4, 0.5) is 0 Å². The van der Waals surface area contributed by atoms with Gasteiger partial charge in [0.25, 0.3) is 0 Å². The maximum absolute atomic E-state index is 12.6. The first-order chi connectivity index (χ1) is 12.0. The van der Waals surface area contributed by atoms with Gasteiger partial charge in [-0.05, 0) is 57.2 Å². The first kappa shape index (κ1) is 17.0. The molecule has 0 N–H and O–H groups in total. The van der Waals surface area contributed by atoms with E-state index >= 15 is 0 Å². The molecule has 2 aliphatic heterocycles. The van der Waals surface area contributed by atoms with E-state index in [1.807, 2.05) is 30.3 Å². The summed E-state index contributed by atoms with van der Waals surface area (Å²) < 4.78 is 12.8. The lowest BCUT2D eigenvalue weighted by molar-refractivity contribution is -0.139. The summed E-state index contributed by atoms with van der Waals surface area (Å²) in [5.41, 5.74) is 3.03. The molecular weight excluding hydrogens is 380 g/mol. The molecule has 4 atom stereocenters. The predicted octanol–water partition coefficient (Wildman–Crippen LogP) is 5.05. The molecule has 0 saturated carbocycles. The second-order valence-electron chi connectivity index (χ2n) is 7.58. The molecule has 3 nitrogen and oxygen atoms in total. The van der Waals surface area contributed by atoms with Crippen LogP contribution in [-0.2, 0) is 14.3 Å². The second kappa shape index (κ2) is 6.40. The van der Waals surface area contributed by atoms with E-state index in [1.54, 1.807) is 0 Å². The highest BCUT2D eigenvalue weighted by Crippen LogP contribution is 2.50. The van der Waals surface area contributed by atoms with Crippen molar-refractivity contribution in [3.05, 3.63) is 51.5 Å². The number of allylic oxidation sites excluding steroid dienone is 2. The van der Waals surface area contributed by atoms with Crippen LogP contribution < -0.4 is 0 Å². The summed E-state index contributed by atoms with van der Waals surface area (Å²) in [6.07, 6.45) is 8.11. The molecule has 0 unspecified atom stereocenters. The van der Waals surface area contributed by atoms with Gasteiger partial charge in [-0.2, -0.15) is 0 Å². The van der Waals surface area contributed by atoms with Crippen molar-refractivity contribution in [2.24, 2.45) is 5.92 Å². The number of hydrogen-bond acceptors (Lipinski definition) is 3. The Morgan fingerprint density at radius 3 is 2.92 bits per heavy atom. The van der Waals surface area contributed by atoms with Gasteiger partial charge in [0.1, 0.15) is 12.2 Å². The van der Waals surface area contributed by atoms with Crippen LogP contribution in [0.5, 0.6) is 0 Å². The Balaban J connectivity index is 1.70. The Morgan fingerprint density at radius 1 is 1.32 bits per heavy atom. The lowest BCUT2D eigenvalue weighted by atomic mass is 9.83. The van der Waals surface area contributed by atoms with Crippen molar-refractivity contribution >= 4 is 28.0 Å². The topological polar surface area (TPSA) is 38.8 Å². The fraction of sp³-hybridized carbons (Fsp3) is 0.476. The van der Waals surface area contributed by atoms with Crippen LogP contribution in [-0.4, -0.2) is 23.8 Å². The molecule has 2 saturated heterocycles. The summed E-state index contributed by atoms with van der Waals surface area (Å²) in [5, 5.41) is 0. The molecule has 1 aromatic rings. The standard InChI is InChI=1S/C21H23BrO3/c1-13-6-5-11-21(2)19(25-21)18-15(10-9-13)16(20(23)24-18)12-14-7-3-4-8-17(14)22/h3-4,6-8,12,15,18-19H,5,9-11H2,1-2H3/b13-6?,16-12+/t15-,18-,19+,21+/m0/s1. The monoisotopic (exact) mass is 402 g/mol. The second-order valence-corrected chi connectivity index (χ2v) is 8.43. The van der Waals surface area contributed by atoms with Gasteiger partial charge >= 0.3 is 5.97 Å². The molecular formula is C21H23BrO3. The minimum absolute atomic E-state index is 0.0263. The zero-order chi connectivity index (χ0) is 17.6. The minimum Gasteiger partial charge on any atom is -0.455 e. The third-order valence-electron chi connectivity index (χ3n) is 5.71. The molecule has 0 spiro atoms. The molecule has 0 bridgehead atoms. The average Bonchev–Trinajstić information content (AvgIpc) is 3.14. The van der Waals surface area contributed by atoms with Crippen LogP contribution in [0.25, 0.3) is 6.08 Å². The van der Waals surface area contributed by atoms with Gasteiger partial charge in [-0.1, -0.05) is 45.8 Å². The van der Waals surface area contributed by atoms with Crippen LogP contribution in [0, 0.1) is 5.92 Å². The SMILES string of the molecule is CC1=CCC[C@@]2(C)O[C@@H]2[C@H]2OC(=O)/C(=C/c3ccccc3Br)[C@@H]2CC1. The third-order valence-corrected chi connectivity index (χ3v) is 6.44. The number of ether oxygens (including phenoxy) is 2. The summed E-state index contributed by atoms with van der Waals surface area (Å²) in [7, 11) is 0. The molecule has 0 radical (unpaired) electrons. The van der Waals surface area contributed by atoms with E-state index in [0.29, 0.717) is 0 Å². The predicted molar refractivity (Wildman–Crippen MR) is 101 cm³/mol. The fourth-order valence-corrected chi connectivity index (χ4v) is 4.48. The van der Waals surface area contributed by atoms with Crippen molar-refractivity contribution in [2.45, 2.75) is 57.3 Å². The number of halogens is 1. The van der Waals surface area contributed by atoms with E-state index in [0.717, 1.165) is 41.3 Å². The van der Waals surface area contributed by atoms with Crippen molar-refractivity contribution in [1.82, 2.24) is 0 Å². The van der Waals surface area contributed by atoms with Gasteiger partial charge in [-0.25, -0.2) is 4.79 Å². The molecule has 0 amide bonds. The smallest absolute Gasteiger partial charge is 0.334 e. The Kier molecular flexibility index (Phi) is 4.37. The van der Waals surface area contributed by atoms with Crippen molar-refractivity contribution in [3.8, 4) is 0 Å². The van der Waals surface area contributed by atoms with Gasteiger partial charge in [0, 0.05) is 16.0 Å². The molecule has 1 aromatic carbocycles. The maximum Gasteiger partial charge on any atom is 0.334 e. The number of rotatable bonds is 1. The number of carbonyl (C=O) groups is 1. The highest BCUT2D eigenvalue weighted by atomic mass is 79.9. The summed E-state index contributed by atoms with van der Waals surface area (Å²) >= 11 is 3.57. The first-order valence-corrected chi connectivity index (χ1v) is 9.78. The molecule has 3 aliphatic rings. The summed E-state index contributed by atoms with van der Waals surface area (Å²) in [4.78, 5) is 12.6. The van der Waals surface area contributed by atoms with Crippen molar-refractivity contribution in [2.75, 3.05) is 0 Å². The van der Waals surface area contributed by atoms with Crippen LogP contribution >= 0.6 is 15.9 Å². The summed E-state index contributed by atoms with van der Waals surface area (Å²) in [6, 6.07) is 7.96. The van der Waals surface area contributed by atoms with Gasteiger partial charge in [0.2, 0.25) is 0 Å². The normalized spacial score (nSPS) is 36.3. The van der Waals surface area contributed by atoms with Gasteiger partial charge in [-0.15, -0.1) is 0 Å². The van der Waals surface area contributed by atoms with E-state index < -0.39 is 0 Å². The van der Waals surface area contributed by atoms with E-state index in [2.05, 4.69) is 35.9 Å². The van der Waals surface area contributed by atoms with Crippen LogP contribution in [0.15, 0.2) is 46.0 Å². The van der Waals surface area contributed by atoms with Gasteiger partial charge in [0.15, 0.2) is 0 Å². The Bertz CT molecular complexity index is 766. The molecule has 132 valence electrons. The first-order valence-electron chi connectivity index (χ1n) is 8.98. The lowest BCUT2D eigenvalue weighted by Gasteiger charge is -2.19. The number of epoxide rings is 1. The maximum atomic E-state index is 12.6. The number of fused-ring (bicyclic) bond motifs is 3. The number of carbonyl (C=O) groups excluding carboxylic acids is 1. The lowest BCUT2D eigenvalue weighted by Crippen LogP contribution is -2.28. The molecule has 4 heteroatoms. The quantitative estimate of drug-likeness (QED) is 0.285. The zero-order valence-corrected chi connectivity index (χ0v) is 16.2. The Morgan fingerprint density at radius 2 is 2.12 bits per heavy atom. The summed E-state index contributed by atoms with van der Waals surface area (Å²) in [5.74, 6) is -0.0997. The van der Waals surface area contributed by atoms with E-state index in [9.17, 15) is 4.79 Å². The molecule has 2 heterocycles. The molecule has 2 fully saturated rings. The van der Waals surface area contributed by atoms with Gasteiger partial charge < -0.3 is 9.47 Å². The Labute approximate surface area is 157 Å². The van der Waals surface area contributed by atoms with Crippen LogP contribution in [0.1, 0.15) is 45.1 Å². The summed E-state index contributed by atoms with van der Waals surface area (Å²) in [6.45, 7) is 4.32. The van der Waals surface area contributed by atoms with E-state index in [-0.39, 0.29) is 29.7 Å². The largest absolute Gasteiger partial charge is 0.455 e. The molecule has 25 heavy (non-hydrogen) atoms. The van der Waals surface area contributed by atoms with Gasteiger partial charge in [-0.3, -0.25) is 0 Å². The molecule has 4 rings (SSSR count). The van der Waals surface area contributed by atoms with Crippen molar-refractivity contribution < 1.29 is 14.3 Å². The number of esters is 1. The van der Waals surface area contributed by atoms with Crippen LogP contribution in [0.3, 0.4) is 0 Å². The zero-order valence-electron chi connectivity index (χ0n) is 14.6. The molecule has 1 aliphatic carbocycles. The highest BCUT2D eigenvalue weighted by molar-refractivity contribution is 9.10. The number of hydrogen-bond donors (Lipinski definition) is 0. The third kappa shape index (κ3) is 3.22. The highest BCUT2D eigenvalue weighted by Gasteiger charge is 2.61. The minimum atomic E-state index is -0.190. The Hall–Kier alpha value is -1.39. The van der Waals surface area contributed by atoms with Crippen LogP contribution in [0.2, 0.25) is 0 Å². The average molecular weight is 403 g/mol. The van der Waals surface area contributed by atoms with Gasteiger partial charge in [0.05, 0.1) is 5.60 Å². The van der Waals surface area contributed by atoms with Crippen molar-refractivity contribution in [1.29, 1.82) is 0 Å². The van der Waals surface area contributed by atoms with E-state index in [1.165, 1.54) is 5.57 Å².